The average molecular weight is 262 g/mol. The van der Waals surface area contributed by atoms with E-state index < -0.39 is 10.0 Å². The molecule has 1 aromatic rings. The quantitative estimate of drug-likeness (QED) is 0.650. The van der Waals surface area contributed by atoms with Gasteiger partial charge in [0.1, 0.15) is 5.76 Å². The van der Waals surface area contributed by atoms with Gasteiger partial charge in [-0.1, -0.05) is 6.92 Å². The zero-order chi connectivity index (χ0) is 12.9. The number of aliphatic hydroxyl groups excluding tert-OH is 1. The Balaban J connectivity index is 2.80. The van der Waals surface area contributed by atoms with E-state index in [4.69, 9.17) is 15.3 Å². The van der Waals surface area contributed by atoms with Crippen LogP contribution in [0.2, 0.25) is 0 Å². The monoisotopic (exact) mass is 262 g/mol. The standard InChI is InChI=1S/C10H18N2O4S/c1-2-8(5-6-13)12-17(14,15)10-4-3-9(7-11)16-10/h3-4,8,12-13H,2,5-7,11H2,1H3. The third kappa shape index (κ3) is 3.81. The predicted molar refractivity (Wildman–Crippen MR) is 62.7 cm³/mol. The maximum absolute atomic E-state index is 11.9. The smallest absolute Gasteiger partial charge is 0.274 e. The molecule has 0 aliphatic carbocycles. The Hall–Kier alpha value is -0.890. The summed E-state index contributed by atoms with van der Waals surface area (Å²) in [6.45, 7) is 1.94. The number of rotatable bonds is 7. The van der Waals surface area contributed by atoms with Crippen LogP contribution in [0.25, 0.3) is 0 Å². The second-order valence-corrected chi connectivity index (χ2v) is 5.31. The fourth-order valence-corrected chi connectivity index (χ4v) is 2.70. The first-order chi connectivity index (χ1) is 8.03. The van der Waals surface area contributed by atoms with E-state index in [1.807, 2.05) is 6.92 Å². The topological polar surface area (TPSA) is 106 Å². The summed E-state index contributed by atoms with van der Waals surface area (Å²) in [5.41, 5.74) is 5.34. The minimum Gasteiger partial charge on any atom is -0.447 e. The largest absolute Gasteiger partial charge is 0.447 e. The maximum Gasteiger partial charge on any atom is 0.274 e. The van der Waals surface area contributed by atoms with Crippen LogP contribution < -0.4 is 10.5 Å². The van der Waals surface area contributed by atoms with Gasteiger partial charge in [-0.25, -0.2) is 13.1 Å². The molecule has 0 fully saturated rings. The van der Waals surface area contributed by atoms with Crippen LogP contribution in [0.5, 0.6) is 0 Å². The van der Waals surface area contributed by atoms with E-state index in [0.717, 1.165) is 0 Å². The van der Waals surface area contributed by atoms with Crippen molar-refractivity contribution >= 4 is 10.0 Å². The van der Waals surface area contributed by atoms with Crippen molar-refractivity contribution < 1.29 is 17.9 Å². The number of hydrogen-bond acceptors (Lipinski definition) is 5. The summed E-state index contributed by atoms with van der Waals surface area (Å²) >= 11 is 0. The summed E-state index contributed by atoms with van der Waals surface area (Å²) in [5.74, 6) is 0.417. The highest BCUT2D eigenvalue weighted by atomic mass is 32.2. The maximum atomic E-state index is 11.9. The molecule has 0 amide bonds. The Labute approximate surface area is 101 Å². The van der Waals surface area contributed by atoms with E-state index in [9.17, 15) is 8.42 Å². The van der Waals surface area contributed by atoms with Crippen LogP contribution in [0.3, 0.4) is 0 Å². The molecule has 1 unspecified atom stereocenters. The lowest BCUT2D eigenvalue weighted by atomic mass is 10.2. The van der Waals surface area contributed by atoms with Gasteiger partial charge in [0.2, 0.25) is 5.09 Å². The van der Waals surface area contributed by atoms with Gasteiger partial charge >= 0.3 is 0 Å². The van der Waals surface area contributed by atoms with E-state index in [2.05, 4.69) is 4.72 Å². The molecule has 0 aliphatic rings. The molecule has 1 aromatic heterocycles. The molecule has 7 heteroatoms. The van der Waals surface area contributed by atoms with Gasteiger partial charge in [-0.3, -0.25) is 0 Å². The summed E-state index contributed by atoms with van der Waals surface area (Å²) in [4.78, 5) is 0. The van der Waals surface area contributed by atoms with E-state index in [-0.39, 0.29) is 24.3 Å². The summed E-state index contributed by atoms with van der Waals surface area (Å²) in [6, 6.07) is 2.61. The van der Waals surface area contributed by atoms with Crippen LogP contribution >= 0.6 is 0 Å². The highest BCUT2D eigenvalue weighted by molar-refractivity contribution is 7.89. The second-order valence-electron chi connectivity index (χ2n) is 3.66. The zero-order valence-electron chi connectivity index (χ0n) is 9.72. The van der Waals surface area contributed by atoms with Gasteiger partial charge in [-0.2, -0.15) is 0 Å². The van der Waals surface area contributed by atoms with Crippen LogP contribution in [-0.2, 0) is 16.6 Å². The van der Waals surface area contributed by atoms with Crippen LogP contribution in [0, 0.1) is 0 Å². The van der Waals surface area contributed by atoms with E-state index in [1.165, 1.54) is 12.1 Å². The van der Waals surface area contributed by atoms with Gasteiger partial charge in [0.05, 0.1) is 6.54 Å². The number of hydrogen-bond donors (Lipinski definition) is 3. The highest BCUT2D eigenvalue weighted by Crippen LogP contribution is 2.14. The third-order valence-electron chi connectivity index (χ3n) is 2.40. The summed E-state index contributed by atoms with van der Waals surface area (Å²) in [7, 11) is -3.67. The van der Waals surface area contributed by atoms with Crippen molar-refractivity contribution in [2.24, 2.45) is 5.73 Å². The molecule has 1 heterocycles. The van der Waals surface area contributed by atoms with Crippen LogP contribution in [0.15, 0.2) is 21.6 Å². The molecular formula is C10H18N2O4S. The van der Waals surface area contributed by atoms with E-state index >= 15 is 0 Å². The SMILES string of the molecule is CCC(CCO)NS(=O)(=O)c1ccc(CN)o1. The fourth-order valence-electron chi connectivity index (χ4n) is 1.39. The fraction of sp³-hybridized carbons (Fsp3) is 0.600. The molecule has 4 N–H and O–H groups in total. The van der Waals surface area contributed by atoms with E-state index in [1.54, 1.807) is 0 Å². The number of nitrogens with one attached hydrogen (secondary N) is 1. The van der Waals surface area contributed by atoms with Gasteiger partial charge in [0.15, 0.2) is 0 Å². The Morgan fingerprint density at radius 3 is 2.71 bits per heavy atom. The molecule has 0 aliphatic heterocycles. The molecule has 6 nitrogen and oxygen atoms in total. The number of sulfonamides is 1. The predicted octanol–water partition coefficient (Wildman–Crippen LogP) is 0.178. The van der Waals surface area contributed by atoms with Crippen molar-refractivity contribution in [1.82, 2.24) is 4.72 Å². The van der Waals surface area contributed by atoms with Gasteiger partial charge in [-0.15, -0.1) is 0 Å². The Morgan fingerprint density at radius 2 is 2.24 bits per heavy atom. The lowest BCUT2D eigenvalue weighted by molar-refractivity contribution is 0.269. The summed E-state index contributed by atoms with van der Waals surface area (Å²) in [6.07, 6.45) is 0.977. The second kappa shape index (κ2) is 6.15. The van der Waals surface area contributed by atoms with Crippen molar-refractivity contribution in [3.63, 3.8) is 0 Å². The number of furan rings is 1. The van der Waals surface area contributed by atoms with Crippen LogP contribution in [0.4, 0.5) is 0 Å². The first kappa shape index (κ1) is 14.2. The van der Waals surface area contributed by atoms with Gasteiger partial charge in [0, 0.05) is 12.6 Å². The molecule has 1 rings (SSSR count). The Morgan fingerprint density at radius 1 is 1.53 bits per heavy atom. The molecule has 0 bridgehead atoms. The van der Waals surface area contributed by atoms with Gasteiger partial charge in [-0.05, 0) is 25.0 Å². The molecule has 0 saturated heterocycles. The van der Waals surface area contributed by atoms with Crippen LogP contribution in [-0.4, -0.2) is 26.2 Å². The number of aliphatic hydroxyl groups is 1. The molecule has 0 radical (unpaired) electrons. The van der Waals surface area contributed by atoms with E-state index in [0.29, 0.717) is 18.6 Å². The Bertz CT molecular complexity index is 441. The van der Waals surface area contributed by atoms with Crippen molar-refractivity contribution in [3.8, 4) is 0 Å². The molecule has 1 atom stereocenters. The van der Waals surface area contributed by atoms with Crippen molar-refractivity contribution in [2.75, 3.05) is 6.61 Å². The first-order valence-electron chi connectivity index (χ1n) is 5.45. The lowest BCUT2D eigenvalue weighted by Gasteiger charge is -2.14. The number of nitrogens with two attached hydrogens (primary N) is 1. The molecule has 17 heavy (non-hydrogen) atoms. The van der Waals surface area contributed by atoms with Gasteiger partial charge in [0.25, 0.3) is 10.0 Å². The molecule has 98 valence electrons. The van der Waals surface area contributed by atoms with Crippen LogP contribution in [0.1, 0.15) is 25.5 Å². The molecule has 0 spiro atoms. The summed E-state index contributed by atoms with van der Waals surface area (Å²) < 4.78 is 31.3. The van der Waals surface area contributed by atoms with Crippen molar-refractivity contribution in [3.05, 3.63) is 17.9 Å². The average Bonchev–Trinajstić information content (AvgIpc) is 2.77. The molecule has 0 saturated carbocycles. The first-order valence-corrected chi connectivity index (χ1v) is 6.93. The minimum absolute atomic E-state index is 0.0623. The van der Waals surface area contributed by atoms with Crippen molar-refractivity contribution in [2.45, 2.75) is 37.4 Å². The lowest BCUT2D eigenvalue weighted by Crippen LogP contribution is -2.34. The molecular weight excluding hydrogens is 244 g/mol. The zero-order valence-corrected chi connectivity index (χ0v) is 10.5. The normalized spacial score (nSPS) is 13.8. The van der Waals surface area contributed by atoms with Crippen molar-refractivity contribution in [1.29, 1.82) is 0 Å². The minimum atomic E-state index is -3.67. The molecule has 0 aromatic carbocycles. The third-order valence-corrected chi connectivity index (χ3v) is 3.79. The Kier molecular flexibility index (Phi) is 5.13. The summed E-state index contributed by atoms with van der Waals surface area (Å²) in [5, 5.41) is 8.66. The highest BCUT2D eigenvalue weighted by Gasteiger charge is 2.22. The van der Waals surface area contributed by atoms with Gasteiger partial charge < -0.3 is 15.3 Å².